The summed E-state index contributed by atoms with van der Waals surface area (Å²) in [5, 5.41) is 0.642. The zero-order valence-corrected chi connectivity index (χ0v) is 12.6. The summed E-state index contributed by atoms with van der Waals surface area (Å²) in [7, 11) is 0. The summed E-state index contributed by atoms with van der Waals surface area (Å²) in [5.74, 6) is -0.686. The maximum Gasteiger partial charge on any atom is 0.280 e. The normalized spacial score (nSPS) is 14.3. The highest BCUT2D eigenvalue weighted by molar-refractivity contribution is 6.33. The number of hydrogen-bond donors (Lipinski definition) is 2. The maximum absolute atomic E-state index is 11.8. The molecule has 1 aliphatic heterocycles. The van der Waals surface area contributed by atoms with Crippen LogP contribution in [-0.4, -0.2) is 25.0 Å². The fourth-order valence-electron chi connectivity index (χ4n) is 2.20. The summed E-state index contributed by atoms with van der Waals surface area (Å²) in [5.41, 5.74) is 11.7. The first kappa shape index (κ1) is 16.6. The van der Waals surface area contributed by atoms with Gasteiger partial charge in [0.15, 0.2) is 5.96 Å². The summed E-state index contributed by atoms with van der Waals surface area (Å²) in [4.78, 5) is 17.5. The lowest BCUT2D eigenvalue weighted by atomic mass is 10.1. The van der Waals surface area contributed by atoms with Gasteiger partial charge in [-0.15, -0.1) is 12.4 Å². The van der Waals surface area contributed by atoms with Crippen molar-refractivity contribution in [2.45, 2.75) is 19.3 Å². The molecule has 0 radical (unpaired) electrons. The zero-order valence-electron chi connectivity index (χ0n) is 11.0. The number of amides is 1. The van der Waals surface area contributed by atoms with Crippen LogP contribution < -0.4 is 16.4 Å². The molecule has 0 spiro atoms. The number of piperidine rings is 1. The Morgan fingerprint density at radius 2 is 1.85 bits per heavy atom. The third-order valence-electron chi connectivity index (χ3n) is 3.12. The van der Waals surface area contributed by atoms with Gasteiger partial charge in [-0.05, 0) is 37.5 Å². The van der Waals surface area contributed by atoms with Crippen molar-refractivity contribution in [3.05, 3.63) is 28.8 Å². The van der Waals surface area contributed by atoms with Crippen LogP contribution in [0.2, 0.25) is 5.02 Å². The molecule has 7 heteroatoms. The Morgan fingerprint density at radius 1 is 1.20 bits per heavy atom. The third-order valence-corrected chi connectivity index (χ3v) is 3.44. The number of carbonyl (C=O) groups is 1. The van der Waals surface area contributed by atoms with Gasteiger partial charge in [0.05, 0.1) is 10.7 Å². The van der Waals surface area contributed by atoms with E-state index in [-0.39, 0.29) is 18.4 Å². The predicted molar refractivity (Wildman–Crippen MR) is 84.9 cm³/mol. The molecule has 0 unspecified atom stereocenters. The number of nitrogens with zero attached hydrogens (tertiary/aromatic N) is 2. The Labute approximate surface area is 129 Å². The van der Waals surface area contributed by atoms with E-state index in [1.807, 2.05) is 0 Å². The van der Waals surface area contributed by atoms with Crippen molar-refractivity contribution in [3.63, 3.8) is 0 Å². The summed E-state index contributed by atoms with van der Waals surface area (Å²) >= 11 is 6.20. The van der Waals surface area contributed by atoms with E-state index < -0.39 is 5.91 Å². The van der Waals surface area contributed by atoms with Crippen molar-refractivity contribution in [3.8, 4) is 0 Å². The van der Waals surface area contributed by atoms with Crippen molar-refractivity contribution in [1.29, 1.82) is 0 Å². The summed E-state index contributed by atoms with van der Waals surface area (Å²) in [6.07, 6.45) is 3.52. The highest BCUT2D eigenvalue weighted by Crippen LogP contribution is 2.29. The minimum atomic E-state index is -0.449. The molecule has 0 aromatic heterocycles. The van der Waals surface area contributed by atoms with E-state index in [9.17, 15) is 4.79 Å². The average Bonchev–Trinajstić information content (AvgIpc) is 2.39. The Bertz CT molecular complexity index is 509. The van der Waals surface area contributed by atoms with Gasteiger partial charge in [0.25, 0.3) is 5.91 Å². The van der Waals surface area contributed by atoms with Crippen LogP contribution in [0.15, 0.2) is 23.2 Å². The molecule has 5 nitrogen and oxygen atoms in total. The maximum atomic E-state index is 11.8. The number of hydrogen-bond acceptors (Lipinski definition) is 2. The lowest BCUT2D eigenvalue weighted by molar-refractivity contribution is 0.100. The second-order valence-electron chi connectivity index (χ2n) is 4.56. The highest BCUT2D eigenvalue weighted by atomic mass is 35.5. The molecule has 1 amide bonds. The topological polar surface area (TPSA) is 84.7 Å². The minimum absolute atomic E-state index is 0. The molecular weight excluding hydrogens is 299 g/mol. The van der Waals surface area contributed by atoms with Crippen molar-refractivity contribution >= 4 is 41.6 Å². The third kappa shape index (κ3) is 4.02. The summed E-state index contributed by atoms with van der Waals surface area (Å²) in [6, 6.07) is 5.09. The fraction of sp³-hybridized carbons (Fsp3) is 0.385. The molecule has 20 heavy (non-hydrogen) atoms. The van der Waals surface area contributed by atoms with Crippen LogP contribution in [0.3, 0.4) is 0 Å². The van der Waals surface area contributed by atoms with Crippen LogP contribution in [-0.2, 0) is 0 Å². The second-order valence-corrected chi connectivity index (χ2v) is 4.96. The van der Waals surface area contributed by atoms with Crippen LogP contribution in [0.5, 0.6) is 0 Å². The van der Waals surface area contributed by atoms with Gasteiger partial charge >= 0.3 is 0 Å². The van der Waals surface area contributed by atoms with Gasteiger partial charge in [-0.3, -0.25) is 4.79 Å². The average molecular weight is 317 g/mol. The second kappa shape index (κ2) is 7.36. The molecule has 1 saturated heterocycles. The van der Waals surface area contributed by atoms with Crippen LogP contribution in [0, 0.1) is 0 Å². The van der Waals surface area contributed by atoms with E-state index in [0.717, 1.165) is 31.6 Å². The van der Waals surface area contributed by atoms with Gasteiger partial charge in [0.2, 0.25) is 0 Å². The van der Waals surface area contributed by atoms with Gasteiger partial charge in [-0.2, -0.15) is 4.99 Å². The number of benzene rings is 1. The summed E-state index contributed by atoms with van der Waals surface area (Å²) in [6.45, 7) is 1.92. The molecule has 0 saturated carbocycles. The molecule has 0 atom stereocenters. The molecule has 2 rings (SSSR count). The zero-order chi connectivity index (χ0) is 13.8. The standard InChI is InChI=1S/C13H17ClN4O.ClH/c14-10-5-4-9(12(19)17-13(15)16)8-11(10)18-6-2-1-3-7-18;/h4-5,8H,1-3,6-7H2,(H4,15,16,17,19);1H. The monoisotopic (exact) mass is 316 g/mol. The first-order chi connectivity index (χ1) is 9.08. The Morgan fingerprint density at radius 3 is 2.45 bits per heavy atom. The van der Waals surface area contributed by atoms with Gasteiger partial charge in [0.1, 0.15) is 0 Å². The smallest absolute Gasteiger partial charge is 0.280 e. The molecule has 1 aromatic carbocycles. The van der Waals surface area contributed by atoms with Gasteiger partial charge in [0, 0.05) is 18.7 Å². The SMILES string of the molecule is Cl.NC(N)=NC(=O)c1ccc(Cl)c(N2CCCCC2)c1. The van der Waals surface area contributed by atoms with E-state index in [0.29, 0.717) is 10.6 Å². The summed E-state index contributed by atoms with van der Waals surface area (Å²) < 4.78 is 0. The van der Waals surface area contributed by atoms with Crippen LogP contribution >= 0.6 is 24.0 Å². The molecule has 0 aliphatic carbocycles. The van der Waals surface area contributed by atoms with Crippen LogP contribution in [0.25, 0.3) is 0 Å². The number of halogens is 2. The highest BCUT2D eigenvalue weighted by Gasteiger charge is 2.16. The Balaban J connectivity index is 0.00000200. The number of aliphatic imine (C=N–C) groups is 1. The lowest BCUT2D eigenvalue weighted by Crippen LogP contribution is -2.29. The first-order valence-corrected chi connectivity index (χ1v) is 6.64. The Kier molecular flexibility index (Phi) is 6.10. The molecule has 1 aliphatic rings. The van der Waals surface area contributed by atoms with E-state index >= 15 is 0 Å². The Hall–Kier alpha value is -1.46. The fourth-order valence-corrected chi connectivity index (χ4v) is 2.44. The van der Waals surface area contributed by atoms with Crippen molar-refractivity contribution < 1.29 is 4.79 Å². The minimum Gasteiger partial charge on any atom is -0.370 e. The van der Waals surface area contributed by atoms with Crippen LogP contribution in [0.1, 0.15) is 29.6 Å². The number of anilines is 1. The van der Waals surface area contributed by atoms with E-state index in [2.05, 4.69) is 9.89 Å². The molecular formula is C13H18Cl2N4O. The number of guanidine groups is 1. The quantitative estimate of drug-likeness (QED) is 0.647. The van der Waals surface area contributed by atoms with E-state index in [4.69, 9.17) is 23.1 Å². The number of nitrogens with two attached hydrogens (primary N) is 2. The van der Waals surface area contributed by atoms with Crippen molar-refractivity contribution in [2.75, 3.05) is 18.0 Å². The van der Waals surface area contributed by atoms with Crippen LogP contribution in [0.4, 0.5) is 5.69 Å². The van der Waals surface area contributed by atoms with Gasteiger partial charge in [-0.25, -0.2) is 0 Å². The number of carbonyl (C=O) groups excluding carboxylic acids is 1. The van der Waals surface area contributed by atoms with E-state index in [1.54, 1.807) is 18.2 Å². The molecule has 1 aromatic rings. The van der Waals surface area contributed by atoms with Gasteiger partial charge in [-0.1, -0.05) is 11.6 Å². The predicted octanol–water partition coefficient (Wildman–Crippen LogP) is 2.17. The molecule has 1 heterocycles. The van der Waals surface area contributed by atoms with Crippen molar-refractivity contribution in [1.82, 2.24) is 0 Å². The largest absolute Gasteiger partial charge is 0.370 e. The van der Waals surface area contributed by atoms with Crippen molar-refractivity contribution in [2.24, 2.45) is 16.5 Å². The molecule has 0 bridgehead atoms. The first-order valence-electron chi connectivity index (χ1n) is 6.26. The molecule has 4 N–H and O–H groups in total. The lowest BCUT2D eigenvalue weighted by Gasteiger charge is -2.29. The van der Waals surface area contributed by atoms with Gasteiger partial charge < -0.3 is 16.4 Å². The number of rotatable bonds is 2. The molecule has 110 valence electrons. The van der Waals surface area contributed by atoms with E-state index in [1.165, 1.54) is 6.42 Å². The molecule has 1 fully saturated rings.